The monoisotopic (exact) mass is 384 g/mol. The number of anilines is 1. The second kappa shape index (κ2) is 7.18. The van der Waals surface area contributed by atoms with E-state index in [1.165, 1.54) is 23.8 Å². The first-order valence-corrected chi connectivity index (χ1v) is 9.06. The van der Waals surface area contributed by atoms with Crippen LogP contribution in [0.5, 0.6) is 0 Å². The lowest BCUT2D eigenvalue weighted by atomic mass is 10.1. The molecule has 1 fully saturated rings. The molecule has 24 heavy (non-hydrogen) atoms. The first-order valence-electron chi connectivity index (χ1n) is 7.19. The lowest BCUT2D eigenvalue weighted by molar-refractivity contribution is -0.0429. The lowest BCUT2D eigenvalue weighted by Crippen LogP contribution is -2.30. The van der Waals surface area contributed by atoms with Gasteiger partial charge < -0.3 is 4.84 Å². The van der Waals surface area contributed by atoms with Gasteiger partial charge in [-0.05, 0) is 50.8 Å². The number of hydrogen-bond donors (Lipinski definition) is 1. The number of alkyl halides is 3. The smallest absolute Gasteiger partial charge is 0.392 e. The molecule has 0 amide bonds. The summed E-state index contributed by atoms with van der Waals surface area (Å²) in [6, 6.07) is 3.76. The molecule has 1 aliphatic carbocycles. The van der Waals surface area contributed by atoms with Gasteiger partial charge in [-0.1, -0.05) is 16.8 Å². The number of oxime groups is 1. The highest BCUT2D eigenvalue weighted by Gasteiger charge is 2.46. The Morgan fingerprint density at radius 1 is 1.33 bits per heavy atom. The van der Waals surface area contributed by atoms with Gasteiger partial charge in [0.05, 0.1) is 11.4 Å². The van der Waals surface area contributed by atoms with Gasteiger partial charge in [-0.3, -0.25) is 4.72 Å². The summed E-state index contributed by atoms with van der Waals surface area (Å²) in [5.74, 6) is 0. The Labute approximate surface area is 142 Å². The molecular weight excluding hydrogens is 369 g/mol. The summed E-state index contributed by atoms with van der Waals surface area (Å²) in [5, 5.41) is 4.14. The molecule has 0 aliphatic heterocycles. The largest absolute Gasteiger partial charge is 0.516 e. The Morgan fingerprint density at radius 3 is 2.54 bits per heavy atom. The van der Waals surface area contributed by atoms with Crippen LogP contribution < -0.4 is 4.72 Å². The highest BCUT2D eigenvalue weighted by atomic mass is 35.5. The molecule has 0 atom stereocenters. The molecule has 0 bridgehead atoms. The van der Waals surface area contributed by atoms with E-state index in [1.54, 1.807) is 0 Å². The minimum Gasteiger partial charge on any atom is -0.392 e. The van der Waals surface area contributed by atoms with E-state index in [-0.39, 0.29) is 28.1 Å². The molecule has 0 saturated heterocycles. The van der Waals surface area contributed by atoms with Crippen molar-refractivity contribution in [2.24, 2.45) is 5.16 Å². The van der Waals surface area contributed by atoms with E-state index in [0.717, 1.165) is 31.7 Å². The van der Waals surface area contributed by atoms with Crippen molar-refractivity contribution in [3.63, 3.8) is 0 Å². The number of nitrogens with zero attached hydrogens (tertiary/aromatic N) is 1. The van der Waals surface area contributed by atoms with Crippen molar-refractivity contribution in [3.05, 3.63) is 28.8 Å². The van der Waals surface area contributed by atoms with Gasteiger partial charge in [-0.25, -0.2) is 0 Å². The topological polar surface area (TPSA) is 67.8 Å². The molecular formula is C14H16ClF3N2O3S. The average molecular weight is 385 g/mol. The third-order valence-corrected chi connectivity index (χ3v) is 4.89. The number of benzene rings is 1. The maximum atomic E-state index is 12.6. The van der Waals surface area contributed by atoms with E-state index in [9.17, 15) is 21.6 Å². The second-order valence-corrected chi connectivity index (χ2v) is 7.54. The third-order valence-electron chi connectivity index (χ3n) is 3.56. The zero-order valence-corrected chi connectivity index (χ0v) is 14.3. The van der Waals surface area contributed by atoms with Gasteiger partial charge in [0, 0.05) is 10.6 Å². The van der Waals surface area contributed by atoms with Crippen LogP contribution in [0.15, 0.2) is 23.4 Å². The van der Waals surface area contributed by atoms with Crippen LogP contribution in [-0.4, -0.2) is 25.7 Å². The van der Waals surface area contributed by atoms with Crippen molar-refractivity contribution in [2.75, 3.05) is 4.72 Å². The summed E-state index contributed by atoms with van der Waals surface area (Å²) >= 11 is 5.85. The van der Waals surface area contributed by atoms with Crippen LogP contribution in [-0.2, 0) is 14.9 Å². The molecule has 2 rings (SSSR count). The fraction of sp³-hybridized carbons (Fsp3) is 0.500. The van der Waals surface area contributed by atoms with Gasteiger partial charge in [-0.15, -0.1) is 0 Å². The number of halogens is 4. The molecule has 1 aromatic carbocycles. The molecule has 0 spiro atoms. The first kappa shape index (κ1) is 18.9. The molecule has 0 heterocycles. The number of hydrogen-bond acceptors (Lipinski definition) is 4. The van der Waals surface area contributed by atoms with Crippen LogP contribution in [0.4, 0.5) is 18.9 Å². The molecule has 5 nitrogen and oxygen atoms in total. The van der Waals surface area contributed by atoms with E-state index in [4.69, 9.17) is 16.4 Å². The summed E-state index contributed by atoms with van der Waals surface area (Å²) in [4.78, 5) is 5.36. The van der Waals surface area contributed by atoms with E-state index in [1.807, 2.05) is 0 Å². The first-order chi connectivity index (χ1) is 11.1. The maximum absolute atomic E-state index is 12.6. The Bertz CT molecular complexity index is 729. The summed E-state index contributed by atoms with van der Waals surface area (Å²) in [6.45, 7) is 1.51. The summed E-state index contributed by atoms with van der Waals surface area (Å²) in [5.41, 5.74) is -5.35. The molecule has 0 radical (unpaired) electrons. The number of nitrogens with one attached hydrogen (secondary N) is 1. The van der Waals surface area contributed by atoms with Gasteiger partial charge in [0.25, 0.3) is 0 Å². The fourth-order valence-corrected chi connectivity index (χ4v) is 3.06. The summed E-state index contributed by atoms with van der Waals surface area (Å²) in [6.07, 6.45) is 3.76. The van der Waals surface area contributed by atoms with Crippen LogP contribution in [0.2, 0.25) is 5.02 Å². The van der Waals surface area contributed by atoms with Crippen molar-refractivity contribution in [1.82, 2.24) is 0 Å². The fourth-order valence-electron chi connectivity index (χ4n) is 2.30. The van der Waals surface area contributed by atoms with E-state index in [2.05, 4.69) is 5.16 Å². The molecule has 1 aromatic rings. The molecule has 134 valence electrons. The predicted octanol–water partition coefficient (Wildman–Crippen LogP) is 4.28. The standard InChI is InChI=1S/C14H16ClF3N2O3S/c1-9(19-23-11-4-2-3-5-11)12-8-10(15)6-7-13(12)20-24(21,22)14(16,17)18/h6-8,11,20H,2-5H2,1H3/b19-9+. The van der Waals surface area contributed by atoms with Gasteiger partial charge in [0.15, 0.2) is 0 Å². The van der Waals surface area contributed by atoms with Gasteiger partial charge in [0.2, 0.25) is 0 Å². The van der Waals surface area contributed by atoms with Crippen molar-refractivity contribution < 1.29 is 26.4 Å². The van der Waals surface area contributed by atoms with Gasteiger partial charge in [0.1, 0.15) is 6.10 Å². The van der Waals surface area contributed by atoms with Crippen molar-refractivity contribution in [3.8, 4) is 0 Å². The van der Waals surface area contributed by atoms with E-state index < -0.39 is 15.5 Å². The highest BCUT2D eigenvalue weighted by molar-refractivity contribution is 7.93. The maximum Gasteiger partial charge on any atom is 0.516 e. The van der Waals surface area contributed by atoms with Crippen LogP contribution >= 0.6 is 11.6 Å². The summed E-state index contributed by atoms with van der Waals surface area (Å²) in [7, 11) is -5.54. The molecule has 1 saturated carbocycles. The Balaban J connectivity index is 2.28. The second-order valence-electron chi connectivity index (χ2n) is 5.43. The zero-order chi connectivity index (χ0) is 18.0. The number of sulfonamides is 1. The van der Waals surface area contributed by atoms with E-state index >= 15 is 0 Å². The quantitative estimate of drug-likeness (QED) is 0.608. The molecule has 1 N–H and O–H groups in total. The molecule has 1 aliphatic rings. The Kier molecular flexibility index (Phi) is 5.64. The van der Waals surface area contributed by atoms with Gasteiger partial charge >= 0.3 is 15.5 Å². The highest BCUT2D eigenvalue weighted by Crippen LogP contribution is 2.29. The third kappa shape index (κ3) is 4.54. The SMILES string of the molecule is C/C(=N\OC1CCCC1)c1cc(Cl)ccc1NS(=O)(=O)C(F)(F)F. The Morgan fingerprint density at radius 2 is 1.96 bits per heavy atom. The van der Waals surface area contributed by atoms with Crippen molar-refractivity contribution >= 4 is 33.0 Å². The lowest BCUT2D eigenvalue weighted by Gasteiger charge is -2.15. The van der Waals surface area contributed by atoms with Crippen LogP contribution in [0, 0.1) is 0 Å². The number of rotatable bonds is 5. The van der Waals surface area contributed by atoms with Crippen LogP contribution in [0.25, 0.3) is 0 Å². The van der Waals surface area contributed by atoms with Gasteiger partial charge in [-0.2, -0.15) is 21.6 Å². The average Bonchev–Trinajstić information content (AvgIpc) is 2.98. The minimum absolute atomic E-state index is 0.0329. The van der Waals surface area contributed by atoms with Crippen molar-refractivity contribution in [1.29, 1.82) is 0 Å². The Hall–Kier alpha value is -1.48. The zero-order valence-electron chi connectivity index (χ0n) is 12.7. The van der Waals surface area contributed by atoms with Crippen LogP contribution in [0.3, 0.4) is 0 Å². The van der Waals surface area contributed by atoms with E-state index in [0.29, 0.717) is 0 Å². The van der Waals surface area contributed by atoms with Crippen molar-refractivity contribution in [2.45, 2.75) is 44.2 Å². The normalized spacial score (nSPS) is 17.1. The summed E-state index contributed by atoms with van der Waals surface area (Å²) < 4.78 is 61.8. The van der Waals surface area contributed by atoms with Crippen LogP contribution in [0.1, 0.15) is 38.2 Å². The molecule has 10 heteroatoms. The molecule has 0 unspecified atom stereocenters. The predicted molar refractivity (Wildman–Crippen MR) is 85.6 cm³/mol. The molecule has 0 aromatic heterocycles. The minimum atomic E-state index is -5.54.